The summed E-state index contributed by atoms with van der Waals surface area (Å²) < 4.78 is 250. The Morgan fingerprint density at radius 2 is 0.775 bits per heavy atom. The highest BCUT2D eigenvalue weighted by molar-refractivity contribution is 7.86. The van der Waals surface area contributed by atoms with Gasteiger partial charge >= 0.3 is 47.0 Å². The van der Waals surface area contributed by atoms with E-state index >= 15 is 0 Å². The molecule has 0 aliphatic carbocycles. The van der Waals surface area contributed by atoms with Crippen LogP contribution < -0.4 is 0 Å². The monoisotopic (exact) mass is 657 g/mol. The number of rotatable bonds is 13. The smallest absolute Gasteiger partial charge is 0.402 e. The molecule has 0 amide bonds. The Kier molecular flexibility index (Phi) is 12.4. The van der Waals surface area contributed by atoms with Crippen molar-refractivity contribution in [3.63, 3.8) is 0 Å². The Morgan fingerprint density at radius 3 is 1.00 bits per heavy atom. The van der Waals surface area contributed by atoms with E-state index in [9.17, 15) is 87.6 Å². The zero-order valence-electron chi connectivity index (χ0n) is 20.7. The SMILES string of the molecule is CC[N+](CC)(CC)CC.O=S(=O)([O-])C(F)(F)C(F)(F)C(F)(F)C(F)(F)C(F)(F)C(F)(F)C(F)(F)CCC(F)(F)F. The summed E-state index contributed by atoms with van der Waals surface area (Å²) in [6.45, 7) is 14.2. The molecule has 0 saturated heterocycles. The van der Waals surface area contributed by atoms with E-state index in [2.05, 4.69) is 27.7 Å². The van der Waals surface area contributed by atoms with Gasteiger partial charge in [0.05, 0.1) is 26.2 Å². The molecule has 0 bridgehead atoms. The molecule has 0 spiro atoms. The van der Waals surface area contributed by atoms with Crippen molar-refractivity contribution in [3.8, 4) is 0 Å². The second-order valence-corrected chi connectivity index (χ2v) is 9.69. The van der Waals surface area contributed by atoms with E-state index in [1.54, 1.807) is 0 Å². The van der Waals surface area contributed by atoms with Crippen molar-refractivity contribution >= 4 is 10.1 Å². The molecule has 0 aromatic carbocycles. The van der Waals surface area contributed by atoms with Crippen molar-refractivity contribution in [1.29, 1.82) is 0 Å². The van der Waals surface area contributed by atoms with Gasteiger partial charge in [0.25, 0.3) is 0 Å². The molecule has 244 valence electrons. The van der Waals surface area contributed by atoms with Crippen molar-refractivity contribution in [1.82, 2.24) is 0 Å². The maximum atomic E-state index is 13.3. The fraction of sp³-hybridized carbons (Fsp3) is 1.00. The molecule has 22 heteroatoms. The molecule has 40 heavy (non-hydrogen) atoms. The van der Waals surface area contributed by atoms with E-state index < -0.39 is 69.9 Å². The molecule has 0 fully saturated rings. The predicted molar refractivity (Wildman–Crippen MR) is 102 cm³/mol. The normalized spacial score (nSPS) is 15.6. The third-order valence-corrected chi connectivity index (χ3v) is 7.01. The topological polar surface area (TPSA) is 57.2 Å². The number of halogens is 17. The summed E-state index contributed by atoms with van der Waals surface area (Å²) in [6.07, 6.45) is -12.4. The second-order valence-electron chi connectivity index (χ2n) is 8.27. The summed E-state index contributed by atoms with van der Waals surface area (Å²) in [7, 11) is -8.09. The number of hydrogen-bond donors (Lipinski definition) is 0. The van der Waals surface area contributed by atoms with Crippen molar-refractivity contribution in [2.75, 3.05) is 26.2 Å². The standard InChI is InChI=1S/C10H5F17O3S.C8H20N/c11-3(12,1-2-4(13,14)15)5(16,17)6(18,19)7(20,21)8(22,23)9(24,25)10(26,27)31(28,29)30;1-5-9(6-2,7-3)8-4/h1-2H2,(H,28,29,30);5-8H2,1-4H3/q;+1/p-1. The summed E-state index contributed by atoms with van der Waals surface area (Å²) >= 11 is 0. The maximum absolute atomic E-state index is 13.3. The highest BCUT2D eigenvalue weighted by Crippen LogP contribution is 2.63. The van der Waals surface area contributed by atoms with Gasteiger partial charge in [0.2, 0.25) is 0 Å². The zero-order chi connectivity index (χ0) is 33.2. The largest absolute Gasteiger partial charge is 0.743 e. The van der Waals surface area contributed by atoms with Crippen LogP contribution in [0, 0.1) is 0 Å². The van der Waals surface area contributed by atoms with Crippen LogP contribution in [-0.2, 0) is 10.1 Å². The molecule has 0 unspecified atom stereocenters. The summed E-state index contributed by atoms with van der Waals surface area (Å²) in [6, 6.07) is 0. The molecule has 0 radical (unpaired) electrons. The predicted octanol–water partition coefficient (Wildman–Crippen LogP) is 7.16. The lowest BCUT2D eigenvalue weighted by atomic mass is 9.90. The van der Waals surface area contributed by atoms with Gasteiger partial charge in [0, 0.05) is 12.8 Å². The third kappa shape index (κ3) is 7.17. The van der Waals surface area contributed by atoms with Gasteiger partial charge < -0.3 is 9.04 Å². The van der Waals surface area contributed by atoms with Gasteiger partial charge in [0.1, 0.15) is 0 Å². The lowest BCUT2D eigenvalue weighted by Crippen LogP contribution is -2.73. The van der Waals surface area contributed by atoms with E-state index in [1.165, 1.54) is 30.7 Å². The molecular weight excluding hydrogens is 633 g/mol. The fourth-order valence-corrected chi connectivity index (χ4v) is 3.40. The molecule has 0 saturated carbocycles. The van der Waals surface area contributed by atoms with Crippen LogP contribution in [0.25, 0.3) is 0 Å². The van der Waals surface area contributed by atoms with E-state index in [0.29, 0.717) is 0 Å². The van der Waals surface area contributed by atoms with Crippen LogP contribution in [0.3, 0.4) is 0 Å². The van der Waals surface area contributed by atoms with Gasteiger partial charge in [-0.25, -0.2) is 8.42 Å². The number of quaternary nitrogens is 1. The van der Waals surface area contributed by atoms with Crippen LogP contribution in [0.2, 0.25) is 0 Å². The number of hydrogen-bond acceptors (Lipinski definition) is 3. The maximum Gasteiger partial charge on any atom is 0.402 e. The first-order chi connectivity index (χ1) is 17.2. The Bertz CT molecular complexity index is 911. The van der Waals surface area contributed by atoms with Gasteiger partial charge in [-0.3, -0.25) is 0 Å². The van der Waals surface area contributed by atoms with Crippen molar-refractivity contribution in [2.45, 2.75) is 87.5 Å². The van der Waals surface area contributed by atoms with Crippen molar-refractivity contribution in [3.05, 3.63) is 0 Å². The third-order valence-electron chi connectivity index (χ3n) is 6.12. The molecule has 0 aliphatic heterocycles. The average molecular weight is 657 g/mol. The summed E-state index contributed by atoms with van der Waals surface area (Å²) in [4.78, 5) is 0. The molecule has 0 rings (SSSR count). The van der Waals surface area contributed by atoms with Gasteiger partial charge in [0.15, 0.2) is 10.1 Å². The minimum atomic E-state index is -8.69. The minimum absolute atomic E-state index is 1.28. The van der Waals surface area contributed by atoms with Crippen LogP contribution in [-0.4, -0.2) is 90.6 Å². The van der Waals surface area contributed by atoms with Crippen molar-refractivity contribution in [2.24, 2.45) is 0 Å². The van der Waals surface area contributed by atoms with Crippen LogP contribution in [0.5, 0.6) is 0 Å². The van der Waals surface area contributed by atoms with E-state index in [1.807, 2.05) is 0 Å². The first kappa shape index (κ1) is 40.8. The van der Waals surface area contributed by atoms with Gasteiger partial charge in [-0.15, -0.1) is 0 Å². The van der Waals surface area contributed by atoms with Gasteiger partial charge in [-0.1, -0.05) is 0 Å². The molecule has 0 atom stereocenters. The quantitative estimate of drug-likeness (QED) is 0.120. The summed E-state index contributed by atoms with van der Waals surface area (Å²) in [5, 5.41) is -7.88. The lowest BCUT2D eigenvalue weighted by molar-refractivity contribution is -0.921. The lowest BCUT2D eigenvalue weighted by Gasteiger charge is -2.42. The van der Waals surface area contributed by atoms with Gasteiger partial charge in [-0.2, -0.15) is 74.6 Å². The second kappa shape index (κ2) is 12.1. The molecule has 0 aliphatic rings. The van der Waals surface area contributed by atoms with E-state index in [-0.39, 0.29) is 0 Å². The molecule has 0 N–H and O–H groups in total. The molecule has 0 aromatic heterocycles. The molecule has 0 aromatic rings. The molecule has 0 heterocycles. The molecule has 4 nitrogen and oxygen atoms in total. The highest BCUT2D eigenvalue weighted by Gasteiger charge is 2.93. The van der Waals surface area contributed by atoms with Crippen molar-refractivity contribution < 1.29 is 92.1 Å². The highest BCUT2D eigenvalue weighted by atomic mass is 32.2. The fourth-order valence-electron chi connectivity index (χ4n) is 2.96. The van der Waals surface area contributed by atoms with Crippen LogP contribution in [0.1, 0.15) is 40.5 Å². The average Bonchev–Trinajstić information content (AvgIpc) is 2.78. The van der Waals surface area contributed by atoms with E-state index in [0.717, 1.165) is 0 Å². The molecular formula is C18H24F17NO3S. The first-order valence-corrected chi connectivity index (χ1v) is 12.1. The first-order valence-electron chi connectivity index (χ1n) is 10.7. The Hall–Kier alpha value is -1.32. The Morgan fingerprint density at radius 1 is 0.500 bits per heavy atom. The number of nitrogens with zero attached hydrogens (tertiary/aromatic N) is 1. The summed E-state index contributed by atoms with van der Waals surface area (Å²) in [5.41, 5.74) is 0. The van der Waals surface area contributed by atoms with Crippen LogP contribution >= 0.6 is 0 Å². The minimum Gasteiger partial charge on any atom is -0.743 e. The van der Waals surface area contributed by atoms with Crippen LogP contribution in [0.15, 0.2) is 0 Å². The Labute approximate surface area is 216 Å². The van der Waals surface area contributed by atoms with Crippen LogP contribution in [0.4, 0.5) is 74.6 Å². The Balaban J connectivity index is 0. The van der Waals surface area contributed by atoms with E-state index in [4.69, 9.17) is 0 Å². The number of alkyl halides is 17. The zero-order valence-corrected chi connectivity index (χ0v) is 21.6. The van der Waals surface area contributed by atoms with Gasteiger partial charge in [-0.05, 0) is 27.7 Å². The summed E-state index contributed by atoms with van der Waals surface area (Å²) in [5.74, 6) is -49.3.